The van der Waals surface area contributed by atoms with Gasteiger partial charge in [0.25, 0.3) is 0 Å². The molecule has 4 heteroatoms. The van der Waals surface area contributed by atoms with Crippen molar-refractivity contribution in [1.82, 2.24) is 5.32 Å². The van der Waals surface area contributed by atoms with Gasteiger partial charge < -0.3 is 15.0 Å². The van der Waals surface area contributed by atoms with E-state index in [1.165, 1.54) is 18.4 Å². The number of ether oxygens (including phenoxy) is 1. The summed E-state index contributed by atoms with van der Waals surface area (Å²) in [5.74, 6) is 0.478. The highest BCUT2D eigenvalue weighted by atomic mass is 16.5. The fraction of sp³-hybridized carbons (Fsp3) is 0.588. The molecular formula is C17H26N2O2. The molecule has 0 radical (unpaired) electrons. The van der Waals surface area contributed by atoms with Gasteiger partial charge in [-0.1, -0.05) is 32.0 Å². The average molecular weight is 290 g/mol. The number of nitrogens with one attached hydrogen (secondary N) is 1. The predicted molar refractivity (Wildman–Crippen MR) is 85.6 cm³/mol. The lowest BCUT2D eigenvalue weighted by Crippen LogP contribution is -2.42. The lowest BCUT2D eigenvalue weighted by atomic mass is 9.93. The van der Waals surface area contributed by atoms with Crippen molar-refractivity contribution in [2.24, 2.45) is 5.92 Å². The van der Waals surface area contributed by atoms with Crippen LogP contribution in [0.2, 0.25) is 0 Å². The first kappa shape index (κ1) is 15.8. The van der Waals surface area contributed by atoms with Gasteiger partial charge in [-0.05, 0) is 36.9 Å². The second kappa shape index (κ2) is 7.46. The van der Waals surface area contributed by atoms with E-state index in [2.05, 4.69) is 41.4 Å². The number of rotatable bonds is 6. The van der Waals surface area contributed by atoms with E-state index in [0.717, 1.165) is 32.5 Å². The number of benzene rings is 1. The molecule has 0 spiro atoms. The van der Waals surface area contributed by atoms with Crippen molar-refractivity contribution in [2.75, 3.05) is 31.6 Å². The Morgan fingerprint density at radius 2 is 2.24 bits per heavy atom. The molecule has 1 aliphatic rings. The van der Waals surface area contributed by atoms with Gasteiger partial charge in [-0.3, -0.25) is 4.79 Å². The molecule has 4 nitrogen and oxygen atoms in total. The van der Waals surface area contributed by atoms with Crippen LogP contribution in [0, 0.1) is 5.92 Å². The maximum atomic E-state index is 11.8. The predicted octanol–water partition coefficient (Wildman–Crippen LogP) is 2.23. The lowest BCUT2D eigenvalue weighted by Gasteiger charge is -2.35. The van der Waals surface area contributed by atoms with Crippen molar-refractivity contribution in [2.45, 2.75) is 32.7 Å². The number of hydrogen-bond acceptors (Lipinski definition) is 4. The van der Waals surface area contributed by atoms with Gasteiger partial charge in [0, 0.05) is 18.8 Å². The van der Waals surface area contributed by atoms with Crippen LogP contribution in [0.4, 0.5) is 5.69 Å². The summed E-state index contributed by atoms with van der Waals surface area (Å²) < 4.78 is 4.88. The Hall–Kier alpha value is -1.55. The standard InChI is InChI=1S/C17H26N2O2/c1-4-18-15(17(20)21-3)9-10-19-12-13(2)11-14-7-5-6-8-16(14)19/h5-8,13,15,18H,4,9-12H2,1-3H3. The minimum absolute atomic E-state index is 0.171. The summed E-state index contributed by atoms with van der Waals surface area (Å²) in [6, 6.07) is 8.36. The lowest BCUT2D eigenvalue weighted by molar-refractivity contribution is -0.143. The Morgan fingerprint density at radius 3 is 2.95 bits per heavy atom. The SMILES string of the molecule is CCNC(CCN1CC(C)Cc2ccccc21)C(=O)OC. The molecule has 2 unspecified atom stereocenters. The zero-order chi connectivity index (χ0) is 15.2. The number of carbonyl (C=O) groups is 1. The number of hydrogen-bond donors (Lipinski definition) is 1. The normalized spacial score (nSPS) is 19.0. The van der Waals surface area contributed by atoms with Crippen LogP contribution in [-0.4, -0.2) is 38.8 Å². The molecule has 1 aromatic rings. The van der Waals surface area contributed by atoms with Crippen LogP contribution in [0.15, 0.2) is 24.3 Å². The smallest absolute Gasteiger partial charge is 0.322 e. The minimum atomic E-state index is -0.218. The largest absolute Gasteiger partial charge is 0.468 e. The Balaban J connectivity index is 2.03. The van der Waals surface area contributed by atoms with Gasteiger partial charge in [0.1, 0.15) is 6.04 Å². The molecule has 0 aromatic heterocycles. The molecule has 0 fully saturated rings. The Kier molecular flexibility index (Phi) is 5.62. The topological polar surface area (TPSA) is 41.6 Å². The molecule has 0 saturated carbocycles. The fourth-order valence-corrected chi connectivity index (χ4v) is 3.10. The van der Waals surface area contributed by atoms with E-state index in [1.54, 1.807) is 0 Å². The van der Waals surface area contributed by atoms with Crippen molar-refractivity contribution in [1.29, 1.82) is 0 Å². The van der Waals surface area contributed by atoms with Crippen LogP contribution < -0.4 is 10.2 Å². The fourth-order valence-electron chi connectivity index (χ4n) is 3.10. The van der Waals surface area contributed by atoms with Crippen molar-refractivity contribution in [3.63, 3.8) is 0 Å². The highest BCUT2D eigenvalue weighted by Crippen LogP contribution is 2.29. The number of methoxy groups -OCH3 is 1. The molecule has 0 bridgehead atoms. The number of nitrogens with zero attached hydrogens (tertiary/aromatic N) is 1. The number of para-hydroxylation sites is 1. The van der Waals surface area contributed by atoms with E-state index < -0.39 is 0 Å². The van der Waals surface area contributed by atoms with E-state index >= 15 is 0 Å². The van der Waals surface area contributed by atoms with Crippen LogP contribution in [0.1, 0.15) is 25.8 Å². The molecule has 1 aliphatic heterocycles. The highest BCUT2D eigenvalue weighted by Gasteiger charge is 2.24. The molecule has 21 heavy (non-hydrogen) atoms. The third-order valence-electron chi connectivity index (χ3n) is 4.06. The van der Waals surface area contributed by atoms with Crippen molar-refractivity contribution < 1.29 is 9.53 Å². The van der Waals surface area contributed by atoms with Crippen LogP contribution in [-0.2, 0) is 16.0 Å². The second-order valence-electron chi connectivity index (χ2n) is 5.81. The molecule has 1 aromatic carbocycles. The first-order chi connectivity index (χ1) is 10.2. The van der Waals surface area contributed by atoms with E-state index in [9.17, 15) is 4.79 Å². The van der Waals surface area contributed by atoms with Crippen molar-refractivity contribution in [3.05, 3.63) is 29.8 Å². The van der Waals surface area contributed by atoms with Gasteiger partial charge in [-0.15, -0.1) is 0 Å². The molecule has 1 N–H and O–H groups in total. The van der Waals surface area contributed by atoms with Crippen molar-refractivity contribution in [3.8, 4) is 0 Å². The summed E-state index contributed by atoms with van der Waals surface area (Å²) in [7, 11) is 1.45. The van der Waals surface area contributed by atoms with E-state index in [-0.39, 0.29) is 12.0 Å². The maximum absolute atomic E-state index is 11.8. The zero-order valence-corrected chi connectivity index (χ0v) is 13.3. The summed E-state index contributed by atoms with van der Waals surface area (Å²) in [5, 5.41) is 3.21. The average Bonchev–Trinajstić information content (AvgIpc) is 2.50. The van der Waals surface area contributed by atoms with Gasteiger partial charge in [0.2, 0.25) is 0 Å². The molecular weight excluding hydrogens is 264 g/mol. The first-order valence-electron chi connectivity index (χ1n) is 7.79. The third kappa shape index (κ3) is 3.97. The summed E-state index contributed by atoms with van der Waals surface area (Å²) in [5.41, 5.74) is 2.73. The van der Waals surface area contributed by atoms with Crippen LogP contribution >= 0.6 is 0 Å². The van der Waals surface area contributed by atoms with Gasteiger partial charge >= 0.3 is 5.97 Å². The summed E-state index contributed by atoms with van der Waals surface area (Å²) >= 11 is 0. The molecule has 2 atom stereocenters. The molecule has 0 amide bonds. The Morgan fingerprint density at radius 1 is 1.48 bits per heavy atom. The van der Waals surface area contributed by atoms with Gasteiger partial charge in [-0.2, -0.15) is 0 Å². The zero-order valence-electron chi connectivity index (χ0n) is 13.3. The first-order valence-corrected chi connectivity index (χ1v) is 7.79. The van der Waals surface area contributed by atoms with Crippen LogP contribution in [0.3, 0.4) is 0 Å². The maximum Gasteiger partial charge on any atom is 0.322 e. The number of fused-ring (bicyclic) bond motifs is 1. The summed E-state index contributed by atoms with van der Waals surface area (Å²) in [6.45, 7) is 6.98. The number of anilines is 1. The summed E-state index contributed by atoms with van der Waals surface area (Å²) in [6.07, 6.45) is 1.90. The van der Waals surface area contributed by atoms with Gasteiger partial charge in [-0.25, -0.2) is 0 Å². The Bertz CT molecular complexity index is 476. The molecule has 1 heterocycles. The minimum Gasteiger partial charge on any atom is -0.468 e. The molecule has 0 saturated heterocycles. The van der Waals surface area contributed by atoms with Crippen LogP contribution in [0.25, 0.3) is 0 Å². The van der Waals surface area contributed by atoms with E-state index in [1.807, 2.05) is 6.92 Å². The summed E-state index contributed by atoms with van der Waals surface area (Å²) in [4.78, 5) is 14.2. The monoisotopic (exact) mass is 290 g/mol. The van der Waals surface area contributed by atoms with Crippen molar-refractivity contribution >= 4 is 11.7 Å². The molecule has 116 valence electrons. The number of carbonyl (C=O) groups excluding carboxylic acids is 1. The van der Waals surface area contributed by atoms with E-state index in [4.69, 9.17) is 4.74 Å². The number of likely N-dealkylation sites (N-methyl/N-ethyl adjacent to an activating group) is 1. The van der Waals surface area contributed by atoms with Crippen LogP contribution in [0.5, 0.6) is 0 Å². The number of esters is 1. The molecule has 0 aliphatic carbocycles. The second-order valence-corrected chi connectivity index (χ2v) is 5.81. The van der Waals surface area contributed by atoms with Gasteiger partial charge in [0.05, 0.1) is 7.11 Å². The Labute approximate surface area is 127 Å². The molecule has 2 rings (SSSR count). The highest BCUT2D eigenvalue weighted by molar-refractivity contribution is 5.75. The van der Waals surface area contributed by atoms with E-state index in [0.29, 0.717) is 5.92 Å². The third-order valence-corrected chi connectivity index (χ3v) is 4.06. The van der Waals surface area contributed by atoms with Gasteiger partial charge in [0.15, 0.2) is 0 Å². The quantitative estimate of drug-likeness (QED) is 0.816.